The van der Waals surface area contributed by atoms with E-state index in [1.807, 2.05) is 0 Å². The fourth-order valence-corrected chi connectivity index (χ4v) is 2.41. The first-order valence-electron chi connectivity index (χ1n) is 8.98. The molecule has 0 spiro atoms. The number of carboxylic acid groups (broad SMARTS) is 1. The number of nitrogens with two attached hydrogens (primary N) is 2. The second-order valence-electron chi connectivity index (χ2n) is 6.38. The number of aliphatic carboxylic acids is 1. The minimum atomic E-state index is -1.35. The van der Waals surface area contributed by atoms with Crippen molar-refractivity contribution >= 4 is 29.6 Å². The van der Waals surface area contributed by atoms with E-state index in [-0.39, 0.29) is 31.6 Å². The molecule has 0 aliphatic rings. The summed E-state index contributed by atoms with van der Waals surface area (Å²) in [7, 11) is 0. The lowest BCUT2D eigenvalue weighted by atomic mass is 10.0. The van der Waals surface area contributed by atoms with Gasteiger partial charge in [-0.15, -0.1) is 0 Å². The number of carbonyl (C=O) groups excluding carboxylic acids is 4. The maximum atomic E-state index is 12.4. The SMILES string of the molecule is NCC(=O)NC(Cc1ccc(O)cc1)C(=O)NCC(=O)NC(CCC(N)=O)C(=O)O. The fraction of sp³-hybridized carbons (Fsp3) is 0.389. The molecule has 0 aliphatic heterocycles. The zero-order chi connectivity index (χ0) is 22.7. The van der Waals surface area contributed by atoms with E-state index in [1.165, 1.54) is 12.1 Å². The molecule has 30 heavy (non-hydrogen) atoms. The molecule has 1 rings (SSSR count). The second-order valence-corrected chi connectivity index (χ2v) is 6.38. The average molecular weight is 423 g/mol. The Labute approximate surface area is 172 Å². The Kier molecular flexibility index (Phi) is 9.76. The molecule has 0 saturated heterocycles. The van der Waals surface area contributed by atoms with Crippen molar-refractivity contribution in [2.75, 3.05) is 13.1 Å². The molecule has 4 amide bonds. The summed E-state index contributed by atoms with van der Waals surface area (Å²) >= 11 is 0. The third kappa shape index (κ3) is 9.01. The van der Waals surface area contributed by atoms with Crippen LogP contribution in [0.1, 0.15) is 18.4 Å². The zero-order valence-corrected chi connectivity index (χ0v) is 16.1. The van der Waals surface area contributed by atoms with Crippen LogP contribution in [-0.2, 0) is 30.4 Å². The van der Waals surface area contributed by atoms with Gasteiger partial charge in [-0.1, -0.05) is 12.1 Å². The van der Waals surface area contributed by atoms with E-state index >= 15 is 0 Å². The zero-order valence-electron chi connectivity index (χ0n) is 16.1. The molecule has 0 radical (unpaired) electrons. The number of phenolic OH excluding ortho intramolecular Hbond substituents is 1. The van der Waals surface area contributed by atoms with Crippen LogP contribution in [0.15, 0.2) is 24.3 Å². The van der Waals surface area contributed by atoms with Gasteiger partial charge in [-0.3, -0.25) is 19.2 Å². The van der Waals surface area contributed by atoms with Crippen LogP contribution in [-0.4, -0.2) is 65.0 Å². The number of amides is 4. The molecule has 0 aliphatic carbocycles. The molecule has 0 bridgehead atoms. The number of primary amides is 1. The van der Waals surface area contributed by atoms with E-state index in [0.29, 0.717) is 5.56 Å². The monoisotopic (exact) mass is 423 g/mol. The van der Waals surface area contributed by atoms with E-state index in [4.69, 9.17) is 16.6 Å². The number of carbonyl (C=O) groups is 5. The predicted molar refractivity (Wildman–Crippen MR) is 104 cm³/mol. The maximum Gasteiger partial charge on any atom is 0.326 e. The smallest absolute Gasteiger partial charge is 0.326 e. The van der Waals surface area contributed by atoms with Gasteiger partial charge in [-0.2, -0.15) is 0 Å². The van der Waals surface area contributed by atoms with Crippen molar-refractivity contribution in [2.45, 2.75) is 31.3 Å². The highest BCUT2D eigenvalue weighted by Crippen LogP contribution is 2.11. The Hall–Kier alpha value is -3.67. The normalized spacial score (nSPS) is 12.3. The summed E-state index contributed by atoms with van der Waals surface area (Å²) in [5, 5.41) is 25.3. The van der Waals surface area contributed by atoms with E-state index in [2.05, 4.69) is 16.0 Å². The van der Waals surface area contributed by atoms with Gasteiger partial charge in [-0.05, 0) is 24.1 Å². The summed E-state index contributed by atoms with van der Waals surface area (Å²) in [4.78, 5) is 57.9. The highest BCUT2D eigenvalue weighted by molar-refractivity contribution is 5.92. The summed E-state index contributed by atoms with van der Waals surface area (Å²) in [6.45, 7) is -0.899. The molecule has 9 N–H and O–H groups in total. The van der Waals surface area contributed by atoms with E-state index in [1.54, 1.807) is 12.1 Å². The molecule has 0 fully saturated rings. The number of nitrogens with one attached hydrogen (secondary N) is 3. The Balaban J connectivity index is 2.69. The maximum absolute atomic E-state index is 12.4. The van der Waals surface area contributed by atoms with Crippen molar-refractivity contribution in [3.05, 3.63) is 29.8 Å². The van der Waals surface area contributed by atoms with Gasteiger partial charge < -0.3 is 37.6 Å². The highest BCUT2D eigenvalue weighted by Gasteiger charge is 2.23. The molecule has 1 aromatic rings. The Morgan fingerprint density at radius 3 is 2.10 bits per heavy atom. The first kappa shape index (κ1) is 24.4. The predicted octanol–water partition coefficient (Wildman–Crippen LogP) is -2.67. The van der Waals surface area contributed by atoms with Crippen LogP contribution in [0.2, 0.25) is 0 Å². The topological polar surface area (TPSA) is 214 Å². The number of phenols is 1. The van der Waals surface area contributed by atoms with Crippen molar-refractivity contribution in [3.8, 4) is 5.75 Å². The number of hydrogen-bond donors (Lipinski definition) is 7. The molecule has 0 saturated carbocycles. The molecule has 2 atom stereocenters. The van der Waals surface area contributed by atoms with Crippen LogP contribution in [0.25, 0.3) is 0 Å². The van der Waals surface area contributed by atoms with Gasteiger partial charge >= 0.3 is 5.97 Å². The third-order valence-electron chi connectivity index (χ3n) is 3.95. The summed E-state index contributed by atoms with van der Waals surface area (Å²) in [5.74, 6) is -4.10. The summed E-state index contributed by atoms with van der Waals surface area (Å²) in [6.07, 6.45) is -0.361. The second kappa shape index (κ2) is 12.0. The Morgan fingerprint density at radius 2 is 1.57 bits per heavy atom. The van der Waals surface area contributed by atoms with Gasteiger partial charge in [-0.25, -0.2) is 4.79 Å². The summed E-state index contributed by atoms with van der Waals surface area (Å²) in [5.41, 5.74) is 10.9. The Bertz CT molecular complexity index is 782. The summed E-state index contributed by atoms with van der Waals surface area (Å²) in [6, 6.07) is 3.57. The van der Waals surface area contributed by atoms with Crippen molar-refractivity contribution in [1.82, 2.24) is 16.0 Å². The Morgan fingerprint density at radius 1 is 0.967 bits per heavy atom. The van der Waals surface area contributed by atoms with E-state index in [9.17, 15) is 29.1 Å². The molecule has 0 heterocycles. The van der Waals surface area contributed by atoms with Crippen LogP contribution >= 0.6 is 0 Å². The van der Waals surface area contributed by atoms with E-state index in [0.717, 1.165) is 0 Å². The third-order valence-corrected chi connectivity index (χ3v) is 3.95. The largest absolute Gasteiger partial charge is 0.508 e. The van der Waals surface area contributed by atoms with Crippen LogP contribution < -0.4 is 27.4 Å². The van der Waals surface area contributed by atoms with Crippen LogP contribution in [0.3, 0.4) is 0 Å². The molecule has 2 unspecified atom stereocenters. The molecule has 1 aromatic carbocycles. The van der Waals surface area contributed by atoms with Crippen molar-refractivity contribution in [2.24, 2.45) is 11.5 Å². The van der Waals surface area contributed by atoms with Crippen molar-refractivity contribution in [1.29, 1.82) is 0 Å². The first-order valence-corrected chi connectivity index (χ1v) is 8.98. The lowest BCUT2D eigenvalue weighted by molar-refractivity contribution is -0.142. The lowest BCUT2D eigenvalue weighted by Gasteiger charge is -2.19. The van der Waals surface area contributed by atoms with Crippen LogP contribution in [0, 0.1) is 0 Å². The van der Waals surface area contributed by atoms with Crippen LogP contribution in [0.5, 0.6) is 5.75 Å². The molecule has 12 heteroatoms. The van der Waals surface area contributed by atoms with Crippen LogP contribution in [0.4, 0.5) is 0 Å². The molecule has 12 nitrogen and oxygen atoms in total. The number of hydrogen-bond acceptors (Lipinski definition) is 7. The quantitative estimate of drug-likeness (QED) is 0.188. The average Bonchev–Trinajstić information content (AvgIpc) is 2.69. The molecular formula is C18H25N5O7. The van der Waals surface area contributed by atoms with Crippen molar-refractivity contribution < 1.29 is 34.2 Å². The minimum Gasteiger partial charge on any atom is -0.508 e. The fourth-order valence-electron chi connectivity index (χ4n) is 2.41. The summed E-state index contributed by atoms with van der Waals surface area (Å²) < 4.78 is 0. The molecular weight excluding hydrogens is 398 g/mol. The van der Waals surface area contributed by atoms with Crippen molar-refractivity contribution in [3.63, 3.8) is 0 Å². The van der Waals surface area contributed by atoms with Gasteiger partial charge in [0.05, 0.1) is 13.1 Å². The number of benzene rings is 1. The van der Waals surface area contributed by atoms with Gasteiger partial charge in [0.2, 0.25) is 23.6 Å². The number of rotatable bonds is 12. The lowest BCUT2D eigenvalue weighted by Crippen LogP contribution is -2.52. The van der Waals surface area contributed by atoms with Gasteiger partial charge in [0.25, 0.3) is 0 Å². The minimum absolute atomic E-state index is 0.0340. The van der Waals surface area contributed by atoms with Gasteiger partial charge in [0, 0.05) is 12.8 Å². The van der Waals surface area contributed by atoms with E-state index < -0.39 is 48.2 Å². The van der Waals surface area contributed by atoms with Gasteiger partial charge in [0.1, 0.15) is 17.8 Å². The standard InChI is InChI=1S/C18H25N5O7/c19-8-15(26)23-13(7-10-1-3-11(24)4-2-10)17(28)21-9-16(27)22-12(18(29)30)5-6-14(20)25/h1-4,12-13,24H,5-9,19H2,(H2,20,25)(H,21,28)(H,22,27)(H,23,26)(H,29,30). The molecule has 0 aromatic heterocycles. The first-order chi connectivity index (χ1) is 14.1. The molecule has 164 valence electrons. The van der Waals surface area contributed by atoms with Gasteiger partial charge in [0.15, 0.2) is 0 Å². The number of carboxylic acids is 1. The number of aromatic hydroxyl groups is 1. The highest BCUT2D eigenvalue weighted by atomic mass is 16.4.